The van der Waals surface area contributed by atoms with Crippen LogP contribution in [0.4, 0.5) is 0 Å². The van der Waals surface area contributed by atoms with Gasteiger partial charge < -0.3 is 65.1 Å². The average Bonchev–Trinajstić information content (AvgIpc) is 0.807. The van der Waals surface area contributed by atoms with Crippen molar-refractivity contribution in [2.75, 3.05) is 19.8 Å². The summed E-state index contributed by atoms with van der Waals surface area (Å²) in [6, 6.07) is -0.855. The molecular weight excluding hydrogens is 1210 g/mol. The van der Waals surface area contributed by atoms with Gasteiger partial charge in [0.2, 0.25) is 5.91 Å². The fourth-order valence-electron chi connectivity index (χ4n) is 11.6. The van der Waals surface area contributed by atoms with Gasteiger partial charge in [0.15, 0.2) is 12.6 Å². The molecule has 0 aromatic rings. The van der Waals surface area contributed by atoms with Crippen LogP contribution in [0, 0.1) is 0 Å². The smallest absolute Gasteiger partial charge is 0.220 e. The van der Waals surface area contributed by atoms with Crippen LogP contribution in [-0.4, -0.2) is 140 Å². The van der Waals surface area contributed by atoms with Crippen LogP contribution in [0.1, 0.15) is 271 Å². The van der Waals surface area contributed by atoms with Crippen molar-refractivity contribution >= 4 is 5.91 Å². The SMILES string of the molecule is CC/C=C\C/C=C\C/C=C\C/C=C\C/C=C\C/C=C\C/C=C\C/C=C\C/C=C\C/C=C\C/C=C\C/C=C\CCCCCCC(=O)NC(COC1OC(CO)C(OC2OC(CO)C(O)C(O)C2O)C(O)C1O)C(O)CCCCCCCCCCCCCCCCCCCCCCC. The lowest BCUT2D eigenvalue weighted by Gasteiger charge is -2.46. The summed E-state index contributed by atoms with van der Waals surface area (Å²) in [5, 5.41) is 87.7. The number of allylic oxidation sites excluding steroid dienone is 24. The number of hydrogen-bond donors (Lipinski definition) is 9. The largest absolute Gasteiger partial charge is 0.394 e. The quantitative estimate of drug-likeness (QED) is 0.0204. The fraction of sp³-hybridized carbons (Fsp3) is 0.695. The van der Waals surface area contributed by atoms with Crippen LogP contribution < -0.4 is 5.32 Å². The lowest BCUT2D eigenvalue weighted by molar-refractivity contribution is -0.359. The normalized spacial score (nSPS) is 23.1. The molecule has 2 fully saturated rings. The molecule has 2 heterocycles. The zero-order chi connectivity index (χ0) is 69.4. The van der Waals surface area contributed by atoms with Crippen molar-refractivity contribution in [1.82, 2.24) is 5.32 Å². The van der Waals surface area contributed by atoms with Crippen molar-refractivity contribution in [1.29, 1.82) is 0 Å². The van der Waals surface area contributed by atoms with Gasteiger partial charge in [-0.3, -0.25) is 4.79 Å². The summed E-state index contributed by atoms with van der Waals surface area (Å²) < 4.78 is 22.9. The molecule has 0 aromatic carbocycles. The van der Waals surface area contributed by atoms with Gasteiger partial charge in [-0.05, 0) is 103 Å². The predicted octanol–water partition coefficient (Wildman–Crippen LogP) is 16.8. The Hall–Kier alpha value is -4.13. The van der Waals surface area contributed by atoms with E-state index in [0.29, 0.717) is 12.8 Å². The Morgan fingerprint density at radius 2 is 0.719 bits per heavy atom. The van der Waals surface area contributed by atoms with Crippen molar-refractivity contribution in [2.24, 2.45) is 0 Å². The zero-order valence-corrected chi connectivity index (χ0v) is 59.8. The second kappa shape index (κ2) is 64.3. The van der Waals surface area contributed by atoms with Crippen LogP contribution in [0.25, 0.3) is 0 Å². The first kappa shape index (κ1) is 88.0. The summed E-state index contributed by atoms with van der Waals surface area (Å²) in [5.41, 5.74) is 0. The molecule has 0 bridgehead atoms. The Labute approximate surface area is 583 Å². The molecule has 2 rings (SSSR count). The van der Waals surface area contributed by atoms with Crippen molar-refractivity contribution in [3.8, 4) is 0 Å². The monoisotopic (exact) mass is 1340 g/mol. The number of carbonyl (C=O) groups excluding carboxylic acids is 1. The number of ether oxygens (including phenoxy) is 4. The minimum Gasteiger partial charge on any atom is -0.394 e. The standard InChI is InChI=1S/C82H137NO13/c1-3-5-7-9-11-13-15-17-19-21-23-25-26-27-28-29-30-31-32-33-34-35-36-37-38-39-40-41-42-43-44-46-48-50-52-54-56-58-60-62-64-66-74(87)83-70(71(86)65-63-61-59-57-55-53-51-49-47-45-24-22-20-18-16-14-12-10-8-6-4-2)69-93-81-79(92)77(90)80(73(68-85)95-81)96-82-78(91)76(89)75(88)72(67-84)94-82/h5,7,11,13,17,19,23,25,27-28,30-31,33-34,36-37,39-40,42-43,46,48,52,54,70-73,75-82,84-86,88-92H,3-4,6,8-10,12,14-16,18,20-22,24,26,29,32,35,38,41,44-45,47,49-51,53,55-69H2,1-2H3,(H,83,87)/b7-5-,13-11-,19-17-,25-23-,28-27-,31-30-,34-33-,37-36-,40-39-,43-42-,48-46-,54-52-. The van der Waals surface area contributed by atoms with Gasteiger partial charge in [-0.15, -0.1) is 0 Å². The maximum absolute atomic E-state index is 13.4. The van der Waals surface area contributed by atoms with Crippen LogP contribution in [0.15, 0.2) is 146 Å². The highest BCUT2D eigenvalue weighted by Gasteiger charge is 2.51. The van der Waals surface area contributed by atoms with Gasteiger partial charge in [0.1, 0.15) is 48.8 Å². The summed E-state index contributed by atoms with van der Waals surface area (Å²) in [6.07, 6.45) is 80.0. The number of aliphatic hydroxyl groups is 8. The molecule has 14 nitrogen and oxygen atoms in total. The number of nitrogens with one attached hydrogen (secondary N) is 1. The Morgan fingerprint density at radius 3 is 1.10 bits per heavy atom. The van der Waals surface area contributed by atoms with E-state index in [1.54, 1.807) is 0 Å². The van der Waals surface area contributed by atoms with Crippen molar-refractivity contribution < 1.29 is 64.6 Å². The third-order valence-corrected chi connectivity index (χ3v) is 17.6. The Morgan fingerprint density at radius 1 is 0.385 bits per heavy atom. The summed E-state index contributed by atoms with van der Waals surface area (Å²) in [5.74, 6) is -0.234. The maximum Gasteiger partial charge on any atom is 0.220 e. The first-order valence-electron chi connectivity index (χ1n) is 38.1. The van der Waals surface area contributed by atoms with Gasteiger partial charge in [-0.25, -0.2) is 0 Å². The molecule has 0 spiro atoms. The third kappa shape index (κ3) is 47.0. The van der Waals surface area contributed by atoms with E-state index in [1.807, 2.05) is 0 Å². The molecule has 12 unspecified atom stereocenters. The Balaban J connectivity index is 1.65. The second-order valence-corrected chi connectivity index (χ2v) is 26.0. The molecule has 0 aliphatic carbocycles. The minimum absolute atomic E-state index is 0.234. The van der Waals surface area contributed by atoms with E-state index in [4.69, 9.17) is 18.9 Å². The second-order valence-electron chi connectivity index (χ2n) is 26.0. The van der Waals surface area contributed by atoms with Crippen LogP contribution in [0.5, 0.6) is 0 Å². The maximum atomic E-state index is 13.4. The number of carbonyl (C=O) groups is 1. The molecule has 2 saturated heterocycles. The molecule has 12 atom stereocenters. The van der Waals surface area contributed by atoms with Crippen LogP contribution in [0.3, 0.4) is 0 Å². The molecule has 0 aromatic heterocycles. The summed E-state index contributed by atoms with van der Waals surface area (Å²) in [4.78, 5) is 13.4. The predicted molar refractivity (Wildman–Crippen MR) is 396 cm³/mol. The molecule has 2 aliphatic rings. The van der Waals surface area contributed by atoms with Gasteiger partial charge in [0.05, 0.1) is 32.0 Å². The molecule has 9 N–H and O–H groups in total. The number of rotatable bonds is 61. The lowest BCUT2D eigenvalue weighted by atomic mass is 9.97. The van der Waals surface area contributed by atoms with Gasteiger partial charge in [0.25, 0.3) is 0 Å². The van der Waals surface area contributed by atoms with Crippen molar-refractivity contribution in [2.45, 2.75) is 344 Å². The molecule has 1 amide bonds. The topological polar surface area (TPSA) is 228 Å². The van der Waals surface area contributed by atoms with E-state index in [0.717, 1.165) is 128 Å². The highest BCUT2D eigenvalue weighted by atomic mass is 16.7. The van der Waals surface area contributed by atoms with Gasteiger partial charge >= 0.3 is 0 Å². The lowest BCUT2D eigenvalue weighted by Crippen LogP contribution is -2.65. The molecule has 14 heteroatoms. The Kier molecular flexibility index (Phi) is 58.9. The average molecular weight is 1340 g/mol. The van der Waals surface area contributed by atoms with E-state index in [1.165, 1.54) is 109 Å². The summed E-state index contributed by atoms with van der Waals surface area (Å²) in [6.45, 7) is 2.74. The van der Waals surface area contributed by atoms with Crippen LogP contribution in [0.2, 0.25) is 0 Å². The summed E-state index contributed by atoms with van der Waals surface area (Å²) >= 11 is 0. The van der Waals surface area contributed by atoms with E-state index in [-0.39, 0.29) is 18.9 Å². The number of aliphatic hydroxyl groups excluding tert-OH is 8. The molecule has 0 saturated carbocycles. The molecule has 0 radical (unpaired) electrons. The van der Waals surface area contributed by atoms with Gasteiger partial charge in [-0.1, -0.05) is 307 Å². The minimum atomic E-state index is -1.79. The molecule has 548 valence electrons. The Bertz CT molecular complexity index is 2180. The first-order valence-corrected chi connectivity index (χ1v) is 38.1. The number of hydrogen-bond acceptors (Lipinski definition) is 13. The van der Waals surface area contributed by atoms with E-state index in [9.17, 15) is 45.6 Å². The van der Waals surface area contributed by atoms with Gasteiger partial charge in [-0.2, -0.15) is 0 Å². The third-order valence-electron chi connectivity index (χ3n) is 17.6. The zero-order valence-electron chi connectivity index (χ0n) is 59.8. The van der Waals surface area contributed by atoms with Crippen LogP contribution >= 0.6 is 0 Å². The highest BCUT2D eigenvalue weighted by Crippen LogP contribution is 2.30. The first-order chi connectivity index (χ1) is 47.1. The van der Waals surface area contributed by atoms with Crippen molar-refractivity contribution in [3.63, 3.8) is 0 Å². The van der Waals surface area contributed by atoms with E-state index < -0.39 is 86.8 Å². The highest BCUT2D eigenvalue weighted by molar-refractivity contribution is 5.76. The fourth-order valence-corrected chi connectivity index (χ4v) is 11.6. The molecular formula is C82H137NO13. The van der Waals surface area contributed by atoms with E-state index in [2.05, 4.69) is 165 Å². The van der Waals surface area contributed by atoms with Gasteiger partial charge in [0, 0.05) is 6.42 Å². The van der Waals surface area contributed by atoms with Crippen molar-refractivity contribution in [3.05, 3.63) is 146 Å². The number of amides is 1. The molecule has 2 aliphatic heterocycles. The summed E-state index contributed by atoms with van der Waals surface area (Å²) in [7, 11) is 0. The number of unbranched alkanes of at least 4 members (excludes halogenated alkanes) is 24. The molecule has 96 heavy (non-hydrogen) atoms. The van der Waals surface area contributed by atoms with Crippen LogP contribution in [-0.2, 0) is 23.7 Å². The van der Waals surface area contributed by atoms with E-state index >= 15 is 0 Å².